The zero-order chi connectivity index (χ0) is 15.2. The number of nitrogens with zero attached hydrogens (tertiary/aromatic N) is 1. The number of benzene rings is 1. The van der Waals surface area contributed by atoms with E-state index < -0.39 is 0 Å². The standard InChI is InChI=1S/C16H19N3OS/c1-11-6-7-14(15(17)21)16(19-11)18-9-8-12-4-3-5-13(10-12)20-2/h3-7,10H,8-9H2,1-2H3,(H2,17,21)(H,18,19). The summed E-state index contributed by atoms with van der Waals surface area (Å²) in [6.45, 7) is 2.69. The van der Waals surface area contributed by atoms with Gasteiger partial charge in [-0.3, -0.25) is 0 Å². The first kappa shape index (κ1) is 15.3. The molecule has 0 unspecified atom stereocenters. The van der Waals surface area contributed by atoms with Gasteiger partial charge in [-0.1, -0.05) is 24.4 Å². The van der Waals surface area contributed by atoms with Gasteiger partial charge in [-0.05, 0) is 43.2 Å². The number of nitrogens with one attached hydrogen (secondary N) is 1. The molecule has 0 aliphatic carbocycles. The number of hydrogen-bond acceptors (Lipinski definition) is 4. The van der Waals surface area contributed by atoms with Gasteiger partial charge >= 0.3 is 0 Å². The molecule has 0 amide bonds. The van der Waals surface area contributed by atoms with Gasteiger partial charge in [-0.2, -0.15) is 0 Å². The minimum absolute atomic E-state index is 0.353. The van der Waals surface area contributed by atoms with Crippen molar-refractivity contribution in [2.75, 3.05) is 19.0 Å². The van der Waals surface area contributed by atoms with Crippen LogP contribution in [0.3, 0.4) is 0 Å². The number of aromatic nitrogens is 1. The van der Waals surface area contributed by atoms with Crippen LogP contribution in [0.25, 0.3) is 0 Å². The third-order valence-electron chi connectivity index (χ3n) is 3.14. The van der Waals surface area contributed by atoms with E-state index in [2.05, 4.69) is 16.4 Å². The predicted molar refractivity (Wildman–Crippen MR) is 90.0 cm³/mol. The van der Waals surface area contributed by atoms with Crippen LogP contribution in [-0.4, -0.2) is 23.6 Å². The lowest BCUT2D eigenvalue weighted by Crippen LogP contribution is -2.16. The molecule has 1 aromatic heterocycles. The monoisotopic (exact) mass is 301 g/mol. The normalized spacial score (nSPS) is 10.2. The molecule has 110 valence electrons. The van der Waals surface area contributed by atoms with E-state index in [0.717, 1.165) is 35.8 Å². The summed E-state index contributed by atoms with van der Waals surface area (Å²) in [5.41, 5.74) is 8.63. The van der Waals surface area contributed by atoms with Gasteiger partial charge in [-0.15, -0.1) is 0 Å². The number of nitrogens with two attached hydrogens (primary N) is 1. The Morgan fingerprint density at radius 2 is 2.14 bits per heavy atom. The second kappa shape index (κ2) is 7.04. The van der Waals surface area contributed by atoms with Crippen molar-refractivity contribution in [3.63, 3.8) is 0 Å². The van der Waals surface area contributed by atoms with Crippen LogP contribution in [0.5, 0.6) is 5.75 Å². The first-order chi connectivity index (χ1) is 10.1. The fourth-order valence-electron chi connectivity index (χ4n) is 2.04. The maximum absolute atomic E-state index is 5.72. The third-order valence-corrected chi connectivity index (χ3v) is 3.36. The van der Waals surface area contributed by atoms with Crippen LogP contribution in [0.2, 0.25) is 0 Å². The Morgan fingerprint density at radius 3 is 2.86 bits per heavy atom. The van der Waals surface area contributed by atoms with Gasteiger partial charge in [0.15, 0.2) is 0 Å². The highest BCUT2D eigenvalue weighted by molar-refractivity contribution is 7.80. The summed E-state index contributed by atoms with van der Waals surface area (Å²) >= 11 is 5.05. The highest BCUT2D eigenvalue weighted by Crippen LogP contribution is 2.15. The van der Waals surface area contributed by atoms with Crippen LogP contribution >= 0.6 is 12.2 Å². The van der Waals surface area contributed by atoms with Crippen molar-refractivity contribution < 1.29 is 4.74 Å². The van der Waals surface area contributed by atoms with Crippen LogP contribution in [0.15, 0.2) is 36.4 Å². The van der Waals surface area contributed by atoms with Crippen LogP contribution in [0.4, 0.5) is 5.82 Å². The molecule has 0 radical (unpaired) electrons. The highest BCUT2D eigenvalue weighted by Gasteiger charge is 2.06. The number of pyridine rings is 1. The number of hydrogen-bond donors (Lipinski definition) is 2. The average Bonchev–Trinajstić information content (AvgIpc) is 2.47. The molecule has 0 aliphatic heterocycles. The van der Waals surface area contributed by atoms with Crippen LogP contribution in [0, 0.1) is 6.92 Å². The summed E-state index contributed by atoms with van der Waals surface area (Å²) in [4.78, 5) is 4.81. The molecule has 1 heterocycles. The molecule has 0 fully saturated rings. The first-order valence-electron chi connectivity index (χ1n) is 6.74. The molecule has 3 N–H and O–H groups in total. The lowest BCUT2D eigenvalue weighted by molar-refractivity contribution is 0.414. The van der Waals surface area contributed by atoms with Crippen molar-refractivity contribution in [2.24, 2.45) is 5.73 Å². The van der Waals surface area contributed by atoms with Gasteiger partial charge in [-0.25, -0.2) is 4.98 Å². The second-order valence-corrected chi connectivity index (χ2v) is 5.18. The van der Waals surface area contributed by atoms with Gasteiger partial charge in [0.1, 0.15) is 16.6 Å². The Hall–Kier alpha value is -2.14. The van der Waals surface area contributed by atoms with Crippen LogP contribution in [0.1, 0.15) is 16.8 Å². The topological polar surface area (TPSA) is 60.2 Å². The second-order valence-electron chi connectivity index (χ2n) is 4.74. The van der Waals surface area contributed by atoms with Crippen molar-refractivity contribution >= 4 is 23.0 Å². The van der Waals surface area contributed by atoms with E-state index >= 15 is 0 Å². The van der Waals surface area contributed by atoms with Crippen LogP contribution < -0.4 is 15.8 Å². The number of rotatable bonds is 6. The zero-order valence-corrected chi connectivity index (χ0v) is 13.0. The van der Waals surface area contributed by atoms with Gasteiger partial charge in [0.05, 0.1) is 12.7 Å². The van der Waals surface area contributed by atoms with E-state index in [9.17, 15) is 0 Å². The van der Waals surface area contributed by atoms with Crippen molar-refractivity contribution in [1.82, 2.24) is 4.98 Å². The summed E-state index contributed by atoms with van der Waals surface area (Å²) in [5, 5.41) is 3.30. The molecule has 2 aromatic rings. The molecule has 1 aromatic carbocycles. The molecular formula is C16H19N3OS. The van der Waals surface area contributed by atoms with E-state index in [-0.39, 0.29) is 0 Å². The molecule has 21 heavy (non-hydrogen) atoms. The number of methoxy groups -OCH3 is 1. The highest BCUT2D eigenvalue weighted by atomic mass is 32.1. The van der Waals surface area contributed by atoms with Crippen molar-refractivity contribution in [3.05, 3.63) is 53.2 Å². The Morgan fingerprint density at radius 1 is 1.33 bits per heavy atom. The minimum atomic E-state index is 0.353. The first-order valence-corrected chi connectivity index (χ1v) is 7.15. The lowest BCUT2D eigenvalue weighted by Gasteiger charge is -2.11. The van der Waals surface area contributed by atoms with Gasteiger partial charge in [0.2, 0.25) is 0 Å². The summed E-state index contributed by atoms with van der Waals surface area (Å²) < 4.78 is 5.22. The third kappa shape index (κ3) is 4.16. The van der Waals surface area contributed by atoms with E-state index in [4.69, 9.17) is 22.7 Å². The smallest absolute Gasteiger partial charge is 0.136 e. The summed E-state index contributed by atoms with van der Waals surface area (Å²) in [5.74, 6) is 1.61. The van der Waals surface area contributed by atoms with E-state index in [1.807, 2.05) is 37.3 Å². The predicted octanol–water partition coefficient (Wildman–Crippen LogP) is 2.69. The lowest BCUT2D eigenvalue weighted by atomic mass is 10.1. The molecule has 0 bridgehead atoms. The summed E-state index contributed by atoms with van der Waals surface area (Å²) in [6, 6.07) is 11.8. The maximum atomic E-state index is 5.72. The molecule has 0 spiro atoms. The SMILES string of the molecule is COc1cccc(CCNc2nc(C)ccc2C(N)=S)c1. The fraction of sp³-hybridized carbons (Fsp3) is 0.250. The molecule has 0 saturated carbocycles. The molecule has 2 rings (SSSR count). The Labute approximate surface area is 130 Å². The van der Waals surface area contributed by atoms with Crippen molar-refractivity contribution in [3.8, 4) is 5.75 Å². The maximum Gasteiger partial charge on any atom is 0.136 e. The summed E-state index contributed by atoms with van der Waals surface area (Å²) in [7, 11) is 1.67. The molecule has 0 saturated heterocycles. The summed E-state index contributed by atoms with van der Waals surface area (Å²) in [6.07, 6.45) is 0.865. The molecule has 0 aliphatic rings. The molecule has 4 nitrogen and oxygen atoms in total. The average molecular weight is 301 g/mol. The van der Waals surface area contributed by atoms with Gasteiger partial charge < -0.3 is 15.8 Å². The quantitative estimate of drug-likeness (QED) is 0.803. The molecular weight excluding hydrogens is 282 g/mol. The van der Waals surface area contributed by atoms with Crippen molar-refractivity contribution in [2.45, 2.75) is 13.3 Å². The number of anilines is 1. The van der Waals surface area contributed by atoms with Gasteiger partial charge in [0, 0.05) is 12.2 Å². The van der Waals surface area contributed by atoms with E-state index in [0.29, 0.717) is 4.99 Å². The largest absolute Gasteiger partial charge is 0.497 e. The molecule has 5 heteroatoms. The Balaban J connectivity index is 2.03. The number of thiocarbonyl (C=S) groups is 1. The van der Waals surface area contributed by atoms with E-state index in [1.165, 1.54) is 5.56 Å². The molecule has 0 atom stereocenters. The zero-order valence-electron chi connectivity index (χ0n) is 12.2. The Bertz CT molecular complexity index is 643. The minimum Gasteiger partial charge on any atom is -0.497 e. The Kier molecular flexibility index (Phi) is 5.11. The van der Waals surface area contributed by atoms with Crippen LogP contribution in [-0.2, 0) is 6.42 Å². The number of ether oxygens (including phenoxy) is 1. The van der Waals surface area contributed by atoms with Crippen molar-refractivity contribution in [1.29, 1.82) is 0 Å². The van der Waals surface area contributed by atoms with Gasteiger partial charge in [0.25, 0.3) is 0 Å². The van der Waals surface area contributed by atoms with E-state index in [1.54, 1.807) is 7.11 Å². The fourth-order valence-corrected chi connectivity index (χ4v) is 2.21. The number of aryl methyl sites for hydroxylation is 1.